The molecule has 35 heavy (non-hydrogen) atoms. The molecule has 2 aromatic rings. The van der Waals surface area contributed by atoms with Gasteiger partial charge in [-0.15, -0.1) is 0 Å². The van der Waals surface area contributed by atoms with E-state index in [-0.39, 0.29) is 5.82 Å². The summed E-state index contributed by atoms with van der Waals surface area (Å²) in [5, 5.41) is 37.0. The summed E-state index contributed by atoms with van der Waals surface area (Å²) < 4.78 is 11.2. The average Bonchev–Trinajstić information content (AvgIpc) is 3.47. The number of amides is 2. The zero-order chi connectivity index (χ0) is 25.3. The van der Waals surface area contributed by atoms with Crippen LogP contribution in [0, 0.1) is 0 Å². The molecule has 14 nitrogen and oxygen atoms in total. The Hall–Kier alpha value is -3.07. The molecule has 2 aliphatic heterocycles. The van der Waals surface area contributed by atoms with E-state index in [0.717, 1.165) is 0 Å². The Morgan fingerprint density at radius 3 is 2.74 bits per heavy atom. The lowest BCUT2D eigenvalue weighted by molar-refractivity contribution is -0.185. The van der Waals surface area contributed by atoms with Crippen LogP contribution in [0.3, 0.4) is 0 Å². The molecule has 0 unspecified atom stereocenters. The number of aliphatic hydroxyl groups excluding tert-OH is 3. The molecule has 14 heteroatoms. The van der Waals surface area contributed by atoms with Crippen LogP contribution < -0.4 is 10.6 Å². The van der Waals surface area contributed by atoms with Crippen LogP contribution in [-0.4, -0.2) is 108 Å². The van der Waals surface area contributed by atoms with Gasteiger partial charge in [0.05, 0.1) is 19.0 Å². The first-order valence-electron chi connectivity index (χ1n) is 11.4. The van der Waals surface area contributed by atoms with Gasteiger partial charge in [0.25, 0.3) is 0 Å². The number of aliphatic hydroxyl groups is 3. The van der Waals surface area contributed by atoms with E-state index in [2.05, 4.69) is 30.6 Å². The highest BCUT2D eigenvalue weighted by molar-refractivity contribution is 5.86. The van der Waals surface area contributed by atoms with Gasteiger partial charge in [-0.05, 0) is 33.6 Å². The van der Waals surface area contributed by atoms with Crippen molar-refractivity contribution >= 4 is 29.0 Å². The second-order valence-corrected chi connectivity index (χ2v) is 9.59. The molecule has 0 radical (unpaired) electrons. The fourth-order valence-electron chi connectivity index (χ4n) is 4.27. The Labute approximate surface area is 201 Å². The number of fused-ring (bicyclic) bond motifs is 1. The molecule has 2 aromatic heterocycles. The summed E-state index contributed by atoms with van der Waals surface area (Å²) in [7, 11) is 0. The minimum absolute atomic E-state index is 0.280. The van der Waals surface area contributed by atoms with Crippen LogP contribution in [0.2, 0.25) is 0 Å². The number of hydrogen-bond acceptors (Lipinski definition) is 11. The number of carbonyl (C=O) groups is 2. The van der Waals surface area contributed by atoms with Gasteiger partial charge in [0.1, 0.15) is 41.8 Å². The maximum Gasteiger partial charge on any atom is 0.410 e. The lowest BCUT2D eigenvalue weighted by Gasteiger charge is -2.43. The van der Waals surface area contributed by atoms with Crippen molar-refractivity contribution in [2.45, 2.75) is 75.8 Å². The Morgan fingerprint density at radius 2 is 2.03 bits per heavy atom. The van der Waals surface area contributed by atoms with Gasteiger partial charge in [-0.1, -0.05) is 0 Å². The number of aromatic amines is 1. The normalized spacial score (nSPS) is 29.3. The summed E-state index contributed by atoms with van der Waals surface area (Å²) in [5.41, 5.74) is 0.147. The van der Waals surface area contributed by atoms with Gasteiger partial charge >= 0.3 is 6.09 Å². The maximum absolute atomic E-state index is 13.1. The van der Waals surface area contributed by atoms with Crippen molar-refractivity contribution in [1.29, 1.82) is 0 Å². The number of aromatic nitrogens is 4. The number of hydrogen-bond donors (Lipinski definition) is 6. The van der Waals surface area contributed by atoms with Gasteiger partial charge in [0.2, 0.25) is 5.91 Å². The number of ether oxygens (including phenoxy) is 2. The van der Waals surface area contributed by atoms with Crippen LogP contribution in [0.1, 0.15) is 33.6 Å². The van der Waals surface area contributed by atoms with E-state index in [4.69, 9.17) is 9.47 Å². The summed E-state index contributed by atoms with van der Waals surface area (Å²) in [6.45, 7) is 5.03. The molecule has 0 spiro atoms. The Kier molecular flexibility index (Phi) is 7.07. The third kappa shape index (κ3) is 5.29. The molecule has 2 aliphatic rings. The van der Waals surface area contributed by atoms with Gasteiger partial charge in [-0.3, -0.25) is 9.69 Å². The Morgan fingerprint density at radius 1 is 1.26 bits per heavy atom. The van der Waals surface area contributed by atoms with Crippen molar-refractivity contribution in [1.82, 2.24) is 30.2 Å². The number of nitrogens with zero attached hydrogens (tertiary/aromatic N) is 4. The summed E-state index contributed by atoms with van der Waals surface area (Å²) in [5.74, 6) is -0.255. The SMILES string of the molecule is CC(C)(C)OC(=O)N1CCC[C@@H]1C(=O)N[C@@H]1[C@@H](O)[C@H](O)[C@@H](Nc2ncnc3nc[nH]c23)O[C@H]1CO. The number of anilines is 1. The Balaban J connectivity index is 1.44. The number of H-pyrrole nitrogens is 1. The molecule has 0 aliphatic carbocycles. The van der Waals surface area contributed by atoms with Crippen molar-refractivity contribution in [3.05, 3.63) is 12.7 Å². The minimum Gasteiger partial charge on any atom is -0.444 e. The smallest absolute Gasteiger partial charge is 0.410 e. The third-order valence-corrected chi connectivity index (χ3v) is 5.92. The van der Waals surface area contributed by atoms with Crippen LogP contribution in [0.5, 0.6) is 0 Å². The molecule has 2 amide bonds. The number of nitrogens with one attached hydrogen (secondary N) is 3. The van der Waals surface area contributed by atoms with E-state index < -0.39 is 60.8 Å². The zero-order valence-corrected chi connectivity index (χ0v) is 19.7. The fourth-order valence-corrected chi connectivity index (χ4v) is 4.27. The first-order valence-corrected chi connectivity index (χ1v) is 11.4. The third-order valence-electron chi connectivity index (χ3n) is 5.92. The van der Waals surface area contributed by atoms with Crippen molar-refractivity contribution in [3.63, 3.8) is 0 Å². The first kappa shape index (κ1) is 25.0. The molecule has 2 saturated heterocycles. The quantitative estimate of drug-likeness (QED) is 0.302. The fraction of sp³-hybridized carbons (Fsp3) is 0.667. The van der Waals surface area contributed by atoms with E-state index in [1.807, 2.05) is 0 Å². The van der Waals surface area contributed by atoms with Gasteiger partial charge in [-0.2, -0.15) is 0 Å². The Bertz CT molecular complexity index is 1060. The molecule has 6 atom stereocenters. The second-order valence-electron chi connectivity index (χ2n) is 9.59. The van der Waals surface area contributed by atoms with E-state index in [9.17, 15) is 24.9 Å². The number of rotatable bonds is 5. The lowest BCUT2D eigenvalue weighted by Crippen LogP contribution is -2.67. The van der Waals surface area contributed by atoms with Crippen LogP contribution in [0.25, 0.3) is 11.2 Å². The predicted molar refractivity (Wildman–Crippen MR) is 121 cm³/mol. The molecule has 6 N–H and O–H groups in total. The maximum atomic E-state index is 13.1. The number of likely N-dealkylation sites (tertiary alicyclic amines) is 1. The standard InChI is InChI=1S/C21H31N7O7/c1-21(2,3)35-20(33)28-6-4-5-10(28)18(32)26-12-11(7-29)34-19(15(31)14(12)30)27-17-13-16(23-8-22-13)24-9-25-17/h8-12,14-15,19,29-31H,4-7H2,1-3H3,(H,26,32)(H2,22,23,24,25,27)/t10-,11+,12+,14-,15+,19+/m1/s1. The van der Waals surface area contributed by atoms with Gasteiger partial charge in [0, 0.05) is 6.54 Å². The van der Waals surface area contributed by atoms with Crippen LogP contribution in [0.15, 0.2) is 12.7 Å². The molecule has 0 saturated carbocycles. The summed E-state index contributed by atoms with van der Waals surface area (Å²) >= 11 is 0. The van der Waals surface area contributed by atoms with E-state index in [0.29, 0.717) is 30.6 Å². The van der Waals surface area contributed by atoms with Crippen LogP contribution in [0.4, 0.5) is 10.6 Å². The van der Waals surface area contributed by atoms with E-state index in [1.54, 1.807) is 20.8 Å². The van der Waals surface area contributed by atoms with Crippen LogP contribution >= 0.6 is 0 Å². The topological polar surface area (TPSA) is 195 Å². The number of imidazole rings is 1. The summed E-state index contributed by atoms with van der Waals surface area (Å²) in [6, 6.07) is -1.93. The van der Waals surface area contributed by atoms with Crippen molar-refractivity contribution < 1.29 is 34.4 Å². The molecule has 0 aromatic carbocycles. The largest absolute Gasteiger partial charge is 0.444 e. The molecule has 192 valence electrons. The van der Waals surface area contributed by atoms with E-state index in [1.165, 1.54) is 17.6 Å². The zero-order valence-electron chi connectivity index (χ0n) is 19.7. The van der Waals surface area contributed by atoms with E-state index >= 15 is 0 Å². The highest BCUT2D eigenvalue weighted by Gasteiger charge is 2.47. The van der Waals surface area contributed by atoms with Gasteiger partial charge in [0.15, 0.2) is 17.7 Å². The molecule has 4 heterocycles. The first-order chi connectivity index (χ1) is 16.6. The van der Waals surface area contributed by atoms with Gasteiger partial charge < -0.3 is 40.4 Å². The number of carbonyl (C=O) groups excluding carboxylic acids is 2. The lowest BCUT2D eigenvalue weighted by atomic mass is 9.95. The molecule has 0 bridgehead atoms. The minimum atomic E-state index is -1.49. The molecule has 4 rings (SSSR count). The average molecular weight is 494 g/mol. The predicted octanol–water partition coefficient (Wildman–Crippen LogP) is -0.912. The van der Waals surface area contributed by atoms with Crippen molar-refractivity contribution in [2.24, 2.45) is 0 Å². The summed E-state index contributed by atoms with van der Waals surface area (Å²) in [6.07, 6.45) is -2.04. The molecular weight excluding hydrogens is 462 g/mol. The highest BCUT2D eigenvalue weighted by Crippen LogP contribution is 2.26. The highest BCUT2D eigenvalue weighted by atomic mass is 16.6. The van der Waals surface area contributed by atoms with Gasteiger partial charge in [-0.25, -0.2) is 19.7 Å². The van der Waals surface area contributed by atoms with Crippen molar-refractivity contribution in [3.8, 4) is 0 Å². The summed E-state index contributed by atoms with van der Waals surface area (Å²) in [4.78, 5) is 42.0. The second kappa shape index (κ2) is 9.89. The van der Waals surface area contributed by atoms with Crippen molar-refractivity contribution in [2.75, 3.05) is 18.5 Å². The molecular formula is C21H31N7O7. The van der Waals surface area contributed by atoms with Crippen LogP contribution in [-0.2, 0) is 14.3 Å². The monoisotopic (exact) mass is 493 g/mol. The molecule has 2 fully saturated rings.